The highest BCUT2D eigenvalue weighted by Gasteiger charge is 2.15. The van der Waals surface area contributed by atoms with E-state index in [2.05, 4.69) is 6.07 Å². The van der Waals surface area contributed by atoms with Crippen molar-refractivity contribution in [1.82, 2.24) is 0 Å². The van der Waals surface area contributed by atoms with Gasteiger partial charge in [-0.2, -0.15) is 5.26 Å². The van der Waals surface area contributed by atoms with Gasteiger partial charge in [0.15, 0.2) is 0 Å². The molecule has 0 fully saturated rings. The standard InChI is InChI=1S/C13H17ClN2O/c1-13(2,9-15)6-3-7-17-10-4-5-12(16)11(14)8-10/h4-5,8H,3,6-7,16H2,1-2H3. The minimum Gasteiger partial charge on any atom is -0.494 e. The van der Waals surface area contributed by atoms with Crippen molar-refractivity contribution in [2.45, 2.75) is 26.7 Å². The molecule has 0 aliphatic carbocycles. The molecule has 0 amide bonds. The van der Waals surface area contributed by atoms with Gasteiger partial charge in [0.25, 0.3) is 0 Å². The zero-order valence-electron chi connectivity index (χ0n) is 10.2. The molecule has 0 spiro atoms. The van der Waals surface area contributed by atoms with Crippen LogP contribution in [0.3, 0.4) is 0 Å². The van der Waals surface area contributed by atoms with Crippen molar-refractivity contribution in [3.8, 4) is 11.8 Å². The maximum absolute atomic E-state index is 8.86. The number of nitrogens with zero attached hydrogens (tertiary/aromatic N) is 1. The first-order chi connectivity index (χ1) is 7.94. The number of hydrogen-bond donors (Lipinski definition) is 1. The van der Waals surface area contributed by atoms with Crippen LogP contribution in [-0.2, 0) is 0 Å². The molecule has 0 unspecified atom stereocenters. The highest BCUT2D eigenvalue weighted by atomic mass is 35.5. The third-order valence-electron chi connectivity index (χ3n) is 2.49. The molecule has 1 rings (SSSR count). The third kappa shape index (κ3) is 4.54. The molecule has 92 valence electrons. The van der Waals surface area contributed by atoms with Crippen molar-refractivity contribution in [1.29, 1.82) is 5.26 Å². The first kappa shape index (κ1) is 13.7. The van der Waals surface area contributed by atoms with Crippen LogP contribution in [0.4, 0.5) is 5.69 Å². The van der Waals surface area contributed by atoms with Crippen molar-refractivity contribution < 1.29 is 4.74 Å². The van der Waals surface area contributed by atoms with E-state index in [1.165, 1.54) is 0 Å². The second-order valence-corrected chi connectivity index (χ2v) is 5.04. The van der Waals surface area contributed by atoms with E-state index in [0.717, 1.165) is 12.8 Å². The fraction of sp³-hybridized carbons (Fsp3) is 0.462. The van der Waals surface area contributed by atoms with Crippen LogP contribution < -0.4 is 10.5 Å². The van der Waals surface area contributed by atoms with Crippen LogP contribution in [0.25, 0.3) is 0 Å². The molecule has 0 saturated heterocycles. The molecule has 2 N–H and O–H groups in total. The maximum atomic E-state index is 8.86. The Bertz CT molecular complexity index is 424. The number of ether oxygens (including phenoxy) is 1. The Kier molecular flexibility index (Phi) is 4.65. The van der Waals surface area contributed by atoms with E-state index in [1.807, 2.05) is 13.8 Å². The number of nitrogen functional groups attached to an aromatic ring is 1. The Hall–Kier alpha value is -1.40. The van der Waals surface area contributed by atoms with Gasteiger partial charge in [0.05, 0.1) is 28.8 Å². The largest absolute Gasteiger partial charge is 0.494 e. The lowest BCUT2D eigenvalue weighted by molar-refractivity contribution is 0.284. The van der Waals surface area contributed by atoms with E-state index < -0.39 is 0 Å². The first-order valence-corrected chi connectivity index (χ1v) is 5.91. The summed E-state index contributed by atoms with van der Waals surface area (Å²) in [4.78, 5) is 0. The summed E-state index contributed by atoms with van der Waals surface area (Å²) in [6.45, 7) is 4.42. The summed E-state index contributed by atoms with van der Waals surface area (Å²) in [7, 11) is 0. The summed E-state index contributed by atoms with van der Waals surface area (Å²) < 4.78 is 5.53. The smallest absolute Gasteiger partial charge is 0.120 e. The summed E-state index contributed by atoms with van der Waals surface area (Å²) in [5.74, 6) is 0.707. The number of anilines is 1. The minimum atomic E-state index is -0.290. The molecular formula is C13H17ClN2O. The quantitative estimate of drug-likeness (QED) is 0.643. The minimum absolute atomic E-state index is 0.290. The van der Waals surface area contributed by atoms with Crippen molar-refractivity contribution in [3.05, 3.63) is 23.2 Å². The fourth-order valence-electron chi connectivity index (χ4n) is 1.36. The van der Waals surface area contributed by atoms with Gasteiger partial charge in [0.2, 0.25) is 0 Å². The molecule has 0 aliphatic heterocycles. The van der Waals surface area contributed by atoms with Gasteiger partial charge in [0, 0.05) is 6.07 Å². The Balaban J connectivity index is 2.37. The fourth-order valence-corrected chi connectivity index (χ4v) is 1.53. The van der Waals surface area contributed by atoms with Crippen molar-refractivity contribution >= 4 is 17.3 Å². The topological polar surface area (TPSA) is 59.0 Å². The molecule has 1 aromatic rings. The van der Waals surface area contributed by atoms with Crippen LogP contribution in [-0.4, -0.2) is 6.61 Å². The van der Waals surface area contributed by atoms with Crippen LogP contribution in [0.5, 0.6) is 5.75 Å². The molecule has 1 aromatic carbocycles. The second kappa shape index (κ2) is 5.79. The predicted molar refractivity (Wildman–Crippen MR) is 70.0 cm³/mol. The van der Waals surface area contributed by atoms with E-state index >= 15 is 0 Å². The molecule has 4 heteroatoms. The van der Waals surface area contributed by atoms with Gasteiger partial charge in [-0.25, -0.2) is 0 Å². The lowest BCUT2D eigenvalue weighted by Gasteiger charge is -2.14. The Morgan fingerprint density at radius 3 is 2.76 bits per heavy atom. The lowest BCUT2D eigenvalue weighted by atomic mass is 9.90. The van der Waals surface area contributed by atoms with E-state index in [0.29, 0.717) is 23.1 Å². The van der Waals surface area contributed by atoms with Crippen LogP contribution in [0.15, 0.2) is 18.2 Å². The number of hydrogen-bond acceptors (Lipinski definition) is 3. The zero-order chi connectivity index (χ0) is 12.9. The van der Waals surface area contributed by atoms with Crippen LogP contribution >= 0.6 is 11.6 Å². The van der Waals surface area contributed by atoms with Crippen LogP contribution in [0.1, 0.15) is 26.7 Å². The van der Waals surface area contributed by atoms with Gasteiger partial charge in [-0.1, -0.05) is 11.6 Å². The monoisotopic (exact) mass is 252 g/mol. The van der Waals surface area contributed by atoms with Gasteiger partial charge >= 0.3 is 0 Å². The zero-order valence-corrected chi connectivity index (χ0v) is 10.9. The molecule has 0 aromatic heterocycles. The SMILES string of the molecule is CC(C)(C#N)CCCOc1ccc(N)c(Cl)c1. The number of nitriles is 1. The van der Waals surface area contributed by atoms with E-state index in [4.69, 9.17) is 27.3 Å². The molecule has 0 aliphatic rings. The highest BCUT2D eigenvalue weighted by Crippen LogP contribution is 2.25. The van der Waals surface area contributed by atoms with Crippen LogP contribution in [0.2, 0.25) is 5.02 Å². The van der Waals surface area contributed by atoms with Gasteiger partial charge < -0.3 is 10.5 Å². The molecule has 0 atom stereocenters. The van der Waals surface area contributed by atoms with E-state index in [9.17, 15) is 0 Å². The summed E-state index contributed by atoms with van der Waals surface area (Å²) in [6, 6.07) is 7.47. The number of nitrogens with two attached hydrogens (primary N) is 1. The van der Waals surface area contributed by atoms with E-state index in [-0.39, 0.29) is 5.41 Å². The van der Waals surface area contributed by atoms with E-state index in [1.54, 1.807) is 18.2 Å². The van der Waals surface area contributed by atoms with Crippen molar-refractivity contribution in [2.75, 3.05) is 12.3 Å². The van der Waals surface area contributed by atoms with Gasteiger partial charge in [0.1, 0.15) is 5.75 Å². The predicted octanol–water partition coefficient (Wildman–Crippen LogP) is 3.63. The molecule has 17 heavy (non-hydrogen) atoms. The Labute approximate surface area is 107 Å². The number of halogens is 1. The molecule has 0 bridgehead atoms. The lowest BCUT2D eigenvalue weighted by Crippen LogP contribution is -2.10. The summed E-state index contributed by atoms with van der Waals surface area (Å²) in [6.07, 6.45) is 1.65. The van der Waals surface area contributed by atoms with Gasteiger partial charge in [-0.15, -0.1) is 0 Å². The summed E-state index contributed by atoms with van der Waals surface area (Å²) in [5.41, 5.74) is 5.85. The number of rotatable bonds is 5. The first-order valence-electron chi connectivity index (χ1n) is 5.54. The number of benzene rings is 1. The average molecular weight is 253 g/mol. The average Bonchev–Trinajstić information content (AvgIpc) is 2.29. The molecule has 0 radical (unpaired) electrons. The second-order valence-electron chi connectivity index (χ2n) is 4.63. The molecular weight excluding hydrogens is 236 g/mol. The van der Waals surface area contributed by atoms with Crippen molar-refractivity contribution in [2.24, 2.45) is 5.41 Å². The van der Waals surface area contributed by atoms with Gasteiger partial charge in [-0.05, 0) is 38.8 Å². The summed E-state index contributed by atoms with van der Waals surface area (Å²) >= 11 is 5.87. The highest BCUT2D eigenvalue weighted by molar-refractivity contribution is 6.33. The normalized spacial score (nSPS) is 10.9. The molecule has 0 heterocycles. The Morgan fingerprint density at radius 1 is 1.47 bits per heavy atom. The summed E-state index contributed by atoms with van der Waals surface area (Å²) in [5, 5.41) is 9.36. The van der Waals surface area contributed by atoms with Crippen LogP contribution in [0, 0.1) is 16.7 Å². The third-order valence-corrected chi connectivity index (χ3v) is 2.82. The molecule has 3 nitrogen and oxygen atoms in total. The van der Waals surface area contributed by atoms with Crippen molar-refractivity contribution in [3.63, 3.8) is 0 Å². The maximum Gasteiger partial charge on any atom is 0.120 e. The Morgan fingerprint density at radius 2 is 2.18 bits per heavy atom. The van der Waals surface area contributed by atoms with Gasteiger partial charge in [-0.3, -0.25) is 0 Å². The molecule has 0 saturated carbocycles.